The van der Waals surface area contributed by atoms with Crippen molar-refractivity contribution in [3.8, 4) is 11.1 Å². The number of allylic oxidation sites excluding steroid dienone is 8. The van der Waals surface area contributed by atoms with Gasteiger partial charge in [-0.3, -0.25) is 0 Å². The Labute approximate surface area is 233 Å². The summed E-state index contributed by atoms with van der Waals surface area (Å²) < 4.78 is 0. The maximum Gasteiger partial charge on any atom is 0.0626 e. The number of hydrogen-bond acceptors (Lipinski definition) is 2. The van der Waals surface area contributed by atoms with Crippen molar-refractivity contribution in [3.05, 3.63) is 144 Å². The molecule has 0 aromatic heterocycles. The Kier molecular flexibility index (Phi) is 6.12. The van der Waals surface area contributed by atoms with Crippen LogP contribution in [0.5, 0.6) is 0 Å². The van der Waals surface area contributed by atoms with E-state index in [0.29, 0.717) is 23.9 Å². The molecule has 2 aromatic rings. The fourth-order valence-electron chi connectivity index (χ4n) is 7.26. The first-order valence-electron chi connectivity index (χ1n) is 14.4. The van der Waals surface area contributed by atoms with Gasteiger partial charge in [-0.15, -0.1) is 6.58 Å². The summed E-state index contributed by atoms with van der Waals surface area (Å²) >= 11 is 0. The highest BCUT2D eigenvalue weighted by molar-refractivity contribution is 5.72. The van der Waals surface area contributed by atoms with Crippen molar-refractivity contribution in [1.82, 2.24) is 0 Å². The number of fused-ring (bicyclic) bond motifs is 3. The summed E-state index contributed by atoms with van der Waals surface area (Å²) in [6.07, 6.45) is 29.4. The Morgan fingerprint density at radius 1 is 0.769 bits per heavy atom. The zero-order valence-electron chi connectivity index (χ0n) is 22.7. The lowest BCUT2D eigenvalue weighted by atomic mass is 9.87. The summed E-state index contributed by atoms with van der Waals surface area (Å²) in [7, 11) is 0. The highest BCUT2D eigenvalue weighted by Gasteiger charge is 2.39. The van der Waals surface area contributed by atoms with E-state index >= 15 is 0 Å². The molecule has 0 bridgehead atoms. The molecular weight excluding hydrogens is 472 g/mol. The number of anilines is 2. The second-order valence-corrected chi connectivity index (χ2v) is 11.2. The minimum Gasteiger partial charge on any atom is -0.338 e. The third-order valence-electron chi connectivity index (χ3n) is 9.13. The van der Waals surface area contributed by atoms with Crippen LogP contribution < -0.4 is 9.80 Å². The predicted octanol–water partition coefficient (Wildman–Crippen LogP) is 9.06. The summed E-state index contributed by atoms with van der Waals surface area (Å²) in [4.78, 5) is 5.06. The van der Waals surface area contributed by atoms with Gasteiger partial charge >= 0.3 is 0 Å². The van der Waals surface area contributed by atoms with E-state index in [1.807, 2.05) is 6.08 Å². The van der Waals surface area contributed by atoms with Crippen molar-refractivity contribution in [3.63, 3.8) is 0 Å². The van der Waals surface area contributed by atoms with Crippen molar-refractivity contribution < 1.29 is 0 Å². The molecule has 2 nitrogen and oxygen atoms in total. The van der Waals surface area contributed by atoms with Crippen LogP contribution in [-0.4, -0.2) is 12.1 Å². The lowest BCUT2D eigenvalue weighted by molar-refractivity contribution is 0.656. The first kappa shape index (κ1) is 24.0. The molecule has 39 heavy (non-hydrogen) atoms. The molecule has 0 amide bonds. The smallest absolute Gasteiger partial charge is 0.0626 e. The Hall–Kier alpha value is -4.04. The van der Waals surface area contributed by atoms with Crippen molar-refractivity contribution in [2.45, 2.75) is 44.7 Å². The average molecular weight is 509 g/mol. The number of benzene rings is 2. The van der Waals surface area contributed by atoms with Crippen LogP contribution in [0.3, 0.4) is 0 Å². The van der Waals surface area contributed by atoms with E-state index in [1.54, 1.807) is 11.1 Å². The third kappa shape index (κ3) is 4.01. The van der Waals surface area contributed by atoms with Gasteiger partial charge in [0.2, 0.25) is 0 Å². The van der Waals surface area contributed by atoms with Gasteiger partial charge in [-0.2, -0.15) is 0 Å². The van der Waals surface area contributed by atoms with E-state index in [4.69, 9.17) is 0 Å². The number of rotatable bonds is 6. The molecule has 5 aliphatic rings. The molecule has 0 N–H and O–H groups in total. The fraction of sp³-hybridized carbons (Fsp3) is 0.243. The zero-order valence-corrected chi connectivity index (χ0v) is 22.7. The van der Waals surface area contributed by atoms with Gasteiger partial charge in [-0.25, -0.2) is 0 Å². The molecule has 0 radical (unpaired) electrons. The molecule has 0 spiro atoms. The van der Waals surface area contributed by atoms with Gasteiger partial charge in [0.05, 0.1) is 12.1 Å². The molecule has 194 valence electrons. The molecule has 0 fully saturated rings. The maximum absolute atomic E-state index is 3.95. The topological polar surface area (TPSA) is 6.48 Å². The standard InChI is InChI=1S/C37H36N2/c1-3-4-11-31-26(2)38(35-15-8-5-12-32(31)35)29-22-18-27(19-23-29)28-20-24-30(25-21-28)39-36-16-9-6-13-33(36)34-14-7-10-17-37(34)39/h3,5-6,8-10,12-13,15-25,32-33,35-36H,1,4,7,11,14H2,2H3. The average Bonchev–Trinajstić information content (AvgIpc) is 3.48. The fourth-order valence-corrected chi connectivity index (χ4v) is 7.26. The number of nitrogens with zero attached hydrogens (tertiary/aromatic N) is 2. The van der Waals surface area contributed by atoms with Gasteiger partial charge in [0.25, 0.3) is 0 Å². The highest BCUT2D eigenvalue weighted by Crippen LogP contribution is 2.45. The molecule has 0 saturated heterocycles. The van der Waals surface area contributed by atoms with Crippen LogP contribution in [0.4, 0.5) is 11.4 Å². The molecule has 0 saturated carbocycles. The first-order valence-corrected chi connectivity index (χ1v) is 14.4. The van der Waals surface area contributed by atoms with Crippen LogP contribution >= 0.6 is 0 Å². The van der Waals surface area contributed by atoms with Crippen LogP contribution in [0.1, 0.15) is 32.6 Å². The predicted molar refractivity (Wildman–Crippen MR) is 165 cm³/mol. The minimum atomic E-state index is 0.362. The van der Waals surface area contributed by atoms with Gasteiger partial charge in [-0.05, 0) is 85.2 Å². The lowest BCUT2D eigenvalue weighted by Gasteiger charge is -2.30. The molecule has 2 heterocycles. The Morgan fingerprint density at radius 2 is 1.36 bits per heavy atom. The van der Waals surface area contributed by atoms with E-state index in [-0.39, 0.29) is 0 Å². The van der Waals surface area contributed by atoms with E-state index < -0.39 is 0 Å². The van der Waals surface area contributed by atoms with Crippen molar-refractivity contribution in [1.29, 1.82) is 0 Å². The zero-order chi connectivity index (χ0) is 26.3. The van der Waals surface area contributed by atoms with Crippen molar-refractivity contribution in [2.75, 3.05) is 9.80 Å². The molecule has 2 heteroatoms. The monoisotopic (exact) mass is 508 g/mol. The largest absolute Gasteiger partial charge is 0.338 e. The summed E-state index contributed by atoms with van der Waals surface area (Å²) in [5, 5.41) is 0. The van der Waals surface area contributed by atoms with Gasteiger partial charge in [0.1, 0.15) is 0 Å². The first-order chi connectivity index (χ1) is 19.2. The lowest BCUT2D eigenvalue weighted by Crippen LogP contribution is -2.32. The third-order valence-corrected chi connectivity index (χ3v) is 9.13. The Balaban J connectivity index is 1.14. The van der Waals surface area contributed by atoms with Gasteiger partial charge < -0.3 is 9.80 Å². The number of hydrogen-bond donors (Lipinski definition) is 0. The normalized spacial score (nSPS) is 26.4. The van der Waals surface area contributed by atoms with Gasteiger partial charge in [0.15, 0.2) is 0 Å². The SMILES string of the molecule is C=CCCC1=C(C)N(c2ccc(-c3ccc(N4C5=C(CCC=C5)C5C=CC=CC54)cc3)cc2)C2C=CC=CC12. The minimum absolute atomic E-state index is 0.362. The molecule has 2 aromatic carbocycles. The van der Waals surface area contributed by atoms with E-state index in [2.05, 4.69) is 133 Å². The molecular formula is C37H36N2. The molecule has 3 aliphatic carbocycles. The molecule has 4 unspecified atom stereocenters. The van der Waals surface area contributed by atoms with E-state index in [9.17, 15) is 0 Å². The molecule has 4 atom stereocenters. The van der Waals surface area contributed by atoms with E-state index in [0.717, 1.165) is 19.3 Å². The summed E-state index contributed by atoms with van der Waals surface area (Å²) in [5.41, 5.74) is 11.0. The van der Waals surface area contributed by atoms with Crippen LogP contribution in [0, 0.1) is 11.8 Å². The van der Waals surface area contributed by atoms with E-state index in [1.165, 1.54) is 40.3 Å². The van der Waals surface area contributed by atoms with Crippen LogP contribution in [0.15, 0.2) is 144 Å². The van der Waals surface area contributed by atoms with Crippen molar-refractivity contribution >= 4 is 11.4 Å². The second kappa shape index (κ2) is 9.93. The van der Waals surface area contributed by atoms with Crippen LogP contribution in [-0.2, 0) is 0 Å². The van der Waals surface area contributed by atoms with Crippen LogP contribution in [0.2, 0.25) is 0 Å². The quantitative estimate of drug-likeness (QED) is 0.359. The maximum atomic E-state index is 3.95. The summed E-state index contributed by atoms with van der Waals surface area (Å²) in [6, 6.07) is 19.1. The van der Waals surface area contributed by atoms with Crippen molar-refractivity contribution in [2.24, 2.45) is 11.8 Å². The molecule has 2 aliphatic heterocycles. The Morgan fingerprint density at radius 3 is 2.03 bits per heavy atom. The highest BCUT2D eigenvalue weighted by atomic mass is 15.2. The Bertz CT molecular complexity index is 1490. The second-order valence-electron chi connectivity index (χ2n) is 11.2. The molecule has 7 rings (SSSR count). The summed E-state index contributed by atoms with van der Waals surface area (Å²) in [6.45, 7) is 6.23. The summed E-state index contributed by atoms with van der Waals surface area (Å²) in [5.74, 6) is 0.952. The van der Waals surface area contributed by atoms with Gasteiger partial charge in [0, 0.05) is 34.6 Å². The van der Waals surface area contributed by atoms with Gasteiger partial charge in [-0.1, -0.05) is 85.0 Å². The van der Waals surface area contributed by atoms with Crippen LogP contribution in [0.25, 0.3) is 11.1 Å².